The van der Waals surface area contributed by atoms with Gasteiger partial charge < -0.3 is 9.53 Å². The molecule has 4 rings (SSSR count). The molecule has 0 N–H and O–H groups in total. The van der Waals surface area contributed by atoms with Crippen LogP contribution in [0.3, 0.4) is 0 Å². The predicted molar refractivity (Wildman–Crippen MR) is 151 cm³/mol. The van der Waals surface area contributed by atoms with Crippen LogP contribution in [0.15, 0.2) is 118 Å². The van der Waals surface area contributed by atoms with Gasteiger partial charge in [0, 0.05) is 12.3 Å². The van der Waals surface area contributed by atoms with Crippen molar-refractivity contribution in [2.45, 2.75) is 42.9 Å². The second-order valence-corrected chi connectivity index (χ2v) is 11.1. The zero-order chi connectivity index (χ0) is 29.5. The molecule has 0 saturated heterocycles. The van der Waals surface area contributed by atoms with Gasteiger partial charge in [0.2, 0.25) is 5.90 Å². The first-order valence-corrected chi connectivity index (χ1v) is 14.3. The summed E-state index contributed by atoms with van der Waals surface area (Å²) in [6.45, 7) is 1.77. The topological polar surface area (TPSA) is 72.8 Å². The van der Waals surface area contributed by atoms with Crippen LogP contribution >= 0.6 is 0 Å². The van der Waals surface area contributed by atoms with Crippen LogP contribution in [0, 0.1) is 6.92 Å². The Bertz CT molecular complexity index is 1570. The molecule has 4 aromatic carbocycles. The fourth-order valence-electron chi connectivity index (χ4n) is 4.48. The molecule has 0 spiro atoms. The van der Waals surface area contributed by atoms with Crippen molar-refractivity contribution in [2.75, 3.05) is 0 Å². The summed E-state index contributed by atoms with van der Waals surface area (Å²) in [6, 6.07) is 28.4. The molecule has 5 nitrogen and oxygen atoms in total. The van der Waals surface area contributed by atoms with Crippen molar-refractivity contribution in [3.05, 3.63) is 137 Å². The first-order chi connectivity index (χ1) is 19.6. The number of sulfonamides is 1. The van der Waals surface area contributed by atoms with Gasteiger partial charge in [0.05, 0.1) is 16.4 Å². The maximum Gasteiger partial charge on any atom is 0.416 e. The molecule has 0 radical (unpaired) electrons. The van der Waals surface area contributed by atoms with Crippen molar-refractivity contribution in [1.29, 1.82) is 0 Å². The SMILES string of the molecule is Cc1ccc(S(=O)(=O)/N=C(\OCc2ccccc2)C(c2ccc(C(F)(F)F)cc2)C(CC=O)c2ccccc2)cc1. The highest BCUT2D eigenvalue weighted by molar-refractivity contribution is 7.90. The van der Waals surface area contributed by atoms with Crippen LogP contribution in [0.1, 0.15) is 46.1 Å². The molecular formula is C32H28F3NO4S. The molecule has 0 saturated carbocycles. The van der Waals surface area contributed by atoms with E-state index in [0.717, 1.165) is 23.3 Å². The van der Waals surface area contributed by atoms with Gasteiger partial charge in [0.25, 0.3) is 10.0 Å². The van der Waals surface area contributed by atoms with E-state index in [2.05, 4.69) is 4.40 Å². The molecule has 0 heterocycles. The number of nitrogens with zero attached hydrogens (tertiary/aromatic N) is 1. The fraction of sp³-hybridized carbons (Fsp3) is 0.188. The molecule has 212 valence electrons. The monoisotopic (exact) mass is 579 g/mol. The standard InChI is InChI=1S/C32H28F3NO4S/c1-23-12-18-28(19-13-23)41(38,39)36-31(40-22-24-8-4-2-5-9-24)30(26-14-16-27(17-15-26)32(33,34)35)29(20-21-37)25-10-6-3-7-11-25/h2-19,21,29-30H,20,22H2,1H3/b36-31-. The predicted octanol–water partition coefficient (Wildman–Crippen LogP) is 7.47. The first-order valence-electron chi connectivity index (χ1n) is 12.8. The minimum absolute atomic E-state index is 0.0528. The van der Waals surface area contributed by atoms with E-state index < -0.39 is 33.6 Å². The number of halogens is 3. The second-order valence-electron chi connectivity index (χ2n) is 9.51. The Balaban J connectivity index is 1.91. The van der Waals surface area contributed by atoms with Gasteiger partial charge in [-0.05, 0) is 47.9 Å². The second kappa shape index (κ2) is 13.0. The van der Waals surface area contributed by atoms with E-state index in [9.17, 15) is 26.4 Å². The molecule has 0 amide bonds. The Morgan fingerprint density at radius 3 is 1.98 bits per heavy atom. The Morgan fingerprint density at radius 2 is 1.41 bits per heavy atom. The molecule has 0 aromatic heterocycles. The molecule has 0 aliphatic carbocycles. The van der Waals surface area contributed by atoms with Gasteiger partial charge in [-0.1, -0.05) is 90.5 Å². The van der Waals surface area contributed by atoms with Crippen LogP contribution in [0.2, 0.25) is 0 Å². The summed E-state index contributed by atoms with van der Waals surface area (Å²) < 4.78 is 77.5. The van der Waals surface area contributed by atoms with Gasteiger partial charge in [-0.3, -0.25) is 0 Å². The van der Waals surface area contributed by atoms with Crippen LogP contribution in [-0.2, 0) is 32.3 Å². The molecule has 4 aromatic rings. The number of ether oxygens (including phenoxy) is 1. The summed E-state index contributed by atoms with van der Waals surface area (Å²) in [4.78, 5) is 11.8. The molecule has 0 bridgehead atoms. The third kappa shape index (κ3) is 7.70. The van der Waals surface area contributed by atoms with E-state index in [1.165, 1.54) is 24.3 Å². The quantitative estimate of drug-likeness (QED) is 0.111. The molecule has 41 heavy (non-hydrogen) atoms. The van der Waals surface area contributed by atoms with E-state index in [4.69, 9.17) is 4.74 Å². The average Bonchev–Trinajstić information content (AvgIpc) is 2.96. The van der Waals surface area contributed by atoms with Crippen LogP contribution in [0.4, 0.5) is 13.2 Å². The largest absolute Gasteiger partial charge is 0.475 e. The van der Waals surface area contributed by atoms with E-state index >= 15 is 0 Å². The summed E-state index contributed by atoms with van der Waals surface area (Å²) in [6.07, 6.45) is -3.93. The highest BCUT2D eigenvalue weighted by atomic mass is 32.2. The van der Waals surface area contributed by atoms with Crippen LogP contribution < -0.4 is 0 Å². The van der Waals surface area contributed by atoms with Gasteiger partial charge in [0.15, 0.2) is 0 Å². The molecular weight excluding hydrogens is 551 g/mol. The molecule has 0 aliphatic rings. The van der Waals surface area contributed by atoms with Gasteiger partial charge in [-0.2, -0.15) is 21.6 Å². The number of rotatable bonds is 10. The first kappa shape index (κ1) is 29.7. The summed E-state index contributed by atoms with van der Waals surface area (Å²) in [5.41, 5.74) is 1.72. The number of aryl methyl sites for hydroxylation is 1. The molecule has 0 aliphatic heterocycles. The Labute approximate surface area is 237 Å². The lowest BCUT2D eigenvalue weighted by Crippen LogP contribution is -2.25. The number of aldehydes is 1. The molecule has 2 atom stereocenters. The maximum atomic E-state index is 13.5. The summed E-state index contributed by atoms with van der Waals surface area (Å²) in [7, 11) is -4.30. The van der Waals surface area contributed by atoms with Crippen molar-refractivity contribution < 1.29 is 31.1 Å². The number of carbonyl (C=O) groups is 1. The van der Waals surface area contributed by atoms with Crippen LogP contribution in [-0.4, -0.2) is 20.6 Å². The fourth-order valence-corrected chi connectivity index (χ4v) is 5.47. The smallest absolute Gasteiger partial charge is 0.416 e. The summed E-state index contributed by atoms with van der Waals surface area (Å²) in [5, 5.41) is 0. The normalized spacial score (nSPS) is 13.8. The third-order valence-electron chi connectivity index (χ3n) is 6.60. The highest BCUT2D eigenvalue weighted by Gasteiger charge is 2.35. The van der Waals surface area contributed by atoms with Crippen molar-refractivity contribution in [3.8, 4) is 0 Å². The van der Waals surface area contributed by atoms with Gasteiger partial charge in [-0.25, -0.2) is 0 Å². The minimum Gasteiger partial charge on any atom is -0.475 e. The van der Waals surface area contributed by atoms with E-state index in [0.29, 0.717) is 17.4 Å². The van der Waals surface area contributed by atoms with Crippen molar-refractivity contribution in [1.82, 2.24) is 0 Å². The average molecular weight is 580 g/mol. The third-order valence-corrected chi connectivity index (χ3v) is 7.89. The number of alkyl halides is 3. The van der Waals surface area contributed by atoms with Crippen molar-refractivity contribution >= 4 is 22.2 Å². The van der Waals surface area contributed by atoms with E-state index in [1.807, 2.05) is 13.0 Å². The summed E-state index contributed by atoms with van der Waals surface area (Å²) >= 11 is 0. The van der Waals surface area contributed by atoms with Crippen molar-refractivity contribution in [3.63, 3.8) is 0 Å². The van der Waals surface area contributed by atoms with E-state index in [-0.39, 0.29) is 23.8 Å². The highest BCUT2D eigenvalue weighted by Crippen LogP contribution is 2.39. The Morgan fingerprint density at radius 1 is 0.829 bits per heavy atom. The number of benzene rings is 4. The maximum absolute atomic E-state index is 13.5. The van der Waals surface area contributed by atoms with Crippen LogP contribution in [0.25, 0.3) is 0 Å². The minimum atomic E-state index is -4.56. The lowest BCUT2D eigenvalue weighted by Gasteiger charge is -2.28. The zero-order valence-corrected chi connectivity index (χ0v) is 23.0. The lowest BCUT2D eigenvalue weighted by atomic mass is 9.79. The Kier molecular flexibility index (Phi) is 9.39. The Hall–Kier alpha value is -4.24. The van der Waals surface area contributed by atoms with Crippen LogP contribution in [0.5, 0.6) is 0 Å². The molecule has 9 heteroatoms. The van der Waals surface area contributed by atoms with Crippen molar-refractivity contribution in [2.24, 2.45) is 4.40 Å². The molecule has 0 fully saturated rings. The number of carbonyl (C=O) groups excluding carboxylic acids is 1. The lowest BCUT2D eigenvalue weighted by molar-refractivity contribution is -0.137. The zero-order valence-electron chi connectivity index (χ0n) is 22.2. The van der Waals surface area contributed by atoms with Gasteiger partial charge in [0.1, 0.15) is 12.9 Å². The number of hydrogen-bond donors (Lipinski definition) is 0. The summed E-state index contributed by atoms with van der Waals surface area (Å²) in [5.74, 6) is -1.92. The molecule has 2 unspecified atom stereocenters. The van der Waals surface area contributed by atoms with Gasteiger partial charge in [-0.15, -0.1) is 4.40 Å². The van der Waals surface area contributed by atoms with E-state index in [1.54, 1.807) is 66.7 Å². The number of hydrogen-bond acceptors (Lipinski definition) is 4. The van der Waals surface area contributed by atoms with Gasteiger partial charge >= 0.3 is 6.18 Å².